The molecule has 0 unspecified atom stereocenters. The average Bonchev–Trinajstić information content (AvgIpc) is 2.86. The van der Waals surface area contributed by atoms with Crippen molar-refractivity contribution in [1.29, 1.82) is 0 Å². The first-order valence-electron chi connectivity index (χ1n) is 10.2. The van der Waals surface area contributed by atoms with Crippen LogP contribution in [0.5, 0.6) is 17.2 Å². The molecule has 34 heavy (non-hydrogen) atoms. The Morgan fingerprint density at radius 3 is 0.912 bits per heavy atom. The third kappa shape index (κ3) is 5.90. The van der Waals surface area contributed by atoms with E-state index in [9.17, 15) is 15.3 Å². The third-order valence-corrected chi connectivity index (χ3v) is 4.83. The second-order valence-electron chi connectivity index (χ2n) is 7.06. The summed E-state index contributed by atoms with van der Waals surface area (Å²) in [5.74, 6) is 0.717. The summed E-state index contributed by atoms with van der Waals surface area (Å²) in [5.41, 5.74) is 1.99. The number of para-hydroxylation sites is 3. The second kappa shape index (κ2) is 11.8. The molecule has 0 amide bonds. The van der Waals surface area contributed by atoms with Crippen LogP contribution in [0.3, 0.4) is 0 Å². The van der Waals surface area contributed by atoms with Crippen molar-refractivity contribution < 1.29 is 15.3 Å². The summed E-state index contributed by atoms with van der Waals surface area (Å²) >= 11 is 0. The summed E-state index contributed by atoms with van der Waals surface area (Å²) in [6.45, 7) is 0. The number of aromatic hydroxyl groups is 3. The first-order valence-corrected chi connectivity index (χ1v) is 10.2. The van der Waals surface area contributed by atoms with Crippen LogP contribution in [-0.2, 0) is 0 Å². The second-order valence-corrected chi connectivity index (χ2v) is 7.06. The summed E-state index contributed by atoms with van der Waals surface area (Å²) in [6, 6.07) is 27.4. The minimum Gasteiger partial charge on any atom is -0.506 e. The number of benzene rings is 3. The largest absolute Gasteiger partial charge is 0.506 e. The van der Waals surface area contributed by atoms with Gasteiger partial charge < -0.3 is 15.3 Å². The number of hydrogen-bond acceptors (Lipinski definition) is 6. The molecule has 6 rings (SSSR count). The van der Waals surface area contributed by atoms with Crippen molar-refractivity contribution in [2.24, 2.45) is 0 Å². The van der Waals surface area contributed by atoms with Gasteiger partial charge in [0, 0.05) is 58.7 Å². The quantitative estimate of drug-likeness (QED) is 0.217. The van der Waals surface area contributed by atoms with Gasteiger partial charge in [-0.2, -0.15) is 0 Å². The molecule has 0 aliphatic carbocycles. The van der Waals surface area contributed by atoms with Gasteiger partial charge in [0.1, 0.15) is 33.8 Å². The smallest absolute Gasteiger partial charge is 0.141 e. The van der Waals surface area contributed by atoms with Gasteiger partial charge in [-0.3, -0.25) is 15.0 Å². The van der Waals surface area contributed by atoms with Crippen molar-refractivity contribution in [2.75, 3.05) is 0 Å². The molecule has 3 aromatic carbocycles. The number of pyridine rings is 3. The molecule has 0 bridgehead atoms. The summed E-state index contributed by atoms with van der Waals surface area (Å²) in [4.78, 5) is 12.1. The minimum absolute atomic E-state index is 0. The van der Waals surface area contributed by atoms with Crippen LogP contribution in [0.1, 0.15) is 0 Å². The van der Waals surface area contributed by atoms with E-state index in [-0.39, 0.29) is 41.2 Å². The van der Waals surface area contributed by atoms with Crippen molar-refractivity contribution >= 4 is 56.6 Å². The molecule has 0 aliphatic heterocycles. The molecule has 0 saturated carbocycles. The zero-order valence-corrected chi connectivity index (χ0v) is 20.9. The van der Waals surface area contributed by atoms with Crippen LogP contribution in [0.2, 0.25) is 0 Å². The predicted molar refractivity (Wildman–Crippen MR) is 136 cm³/mol. The molecule has 0 fully saturated rings. The summed E-state index contributed by atoms with van der Waals surface area (Å²) in [6.07, 6.45) is 5.01. The summed E-state index contributed by atoms with van der Waals surface area (Å²) in [7, 11) is 0. The first kappa shape index (κ1) is 24.7. The molecule has 4 radical (unpaired) electrons. The fourth-order valence-corrected chi connectivity index (χ4v) is 3.26. The number of hydrogen-bond donors (Lipinski definition) is 3. The molecule has 166 valence electrons. The van der Waals surface area contributed by atoms with Gasteiger partial charge in [-0.1, -0.05) is 54.6 Å². The maximum Gasteiger partial charge on any atom is 0.141 e. The van der Waals surface area contributed by atoms with Crippen LogP contribution in [0.25, 0.3) is 32.7 Å². The molecule has 6 nitrogen and oxygen atoms in total. The molecular weight excluding hydrogens is 533 g/mol. The molecule has 0 saturated heterocycles. The predicted octanol–water partition coefficient (Wildman–Crippen LogP) is 5.44. The van der Waals surface area contributed by atoms with E-state index >= 15 is 0 Å². The minimum atomic E-state index is 0. The Labute approximate surface area is 213 Å². The third-order valence-electron chi connectivity index (χ3n) is 4.83. The van der Waals surface area contributed by atoms with E-state index in [1.54, 1.807) is 55.0 Å². The van der Waals surface area contributed by atoms with Crippen LogP contribution >= 0.6 is 0 Å². The Morgan fingerprint density at radius 2 is 0.647 bits per heavy atom. The molecule has 0 aliphatic rings. The van der Waals surface area contributed by atoms with E-state index in [1.807, 2.05) is 54.6 Å². The van der Waals surface area contributed by atoms with E-state index in [0.29, 0.717) is 16.6 Å². The Hall–Kier alpha value is -3.91. The molecular formula is C27H21N3O3Sn. The molecule has 3 heterocycles. The van der Waals surface area contributed by atoms with E-state index in [4.69, 9.17) is 0 Å². The Bertz CT molecular complexity index is 1330. The molecule has 3 aromatic heterocycles. The van der Waals surface area contributed by atoms with Crippen molar-refractivity contribution in [2.45, 2.75) is 0 Å². The van der Waals surface area contributed by atoms with Crippen molar-refractivity contribution in [3.63, 3.8) is 0 Å². The maximum atomic E-state index is 9.31. The van der Waals surface area contributed by atoms with Gasteiger partial charge in [0.15, 0.2) is 0 Å². The van der Waals surface area contributed by atoms with Gasteiger partial charge in [-0.15, -0.1) is 0 Å². The van der Waals surface area contributed by atoms with Gasteiger partial charge in [0.2, 0.25) is 0 Å². The summed E-state index contributed by atoms with van der Waals surface area (Å²) < 4.78 is 0. The van der Waals surface area contributed by atoms with Crippen LogP contribution < -0.4 is 0 Å². The zero-order chi connectivity index (χ0) is 23.0. The molecule has 0 atom stereocenters. The molecule has 0 spiro atoms. The van der Waals surface area contributed by atoms with E-state index in [0.717, 1.165) is 16.2 Å². The number of phenols is 3. The van der Waals surface area contributed by atoms with E-state index < -0.39 is 0 Å². The monoisotopic (exact) mass is 555 g/mol. The fraction of sp³-hybridized carbons (Fsp3) is 0. The normalized spacial score (nSPS) is 9.88. The Morgan fingerprint density at radius 1 is 0.382 bits per heavy atom. The number of fused-ring (bicyclic) bond motifs is 3. The van der Waals surface area contributed by atoms with Crippen molar-refractivity contribution in [1.82, 2.24) is 15.0 Å². The summed E-state index contributed by atoms with van der Waals surface area (Å²) in [5, 5.41) is 30.8. The first-order chi connectivity index (χ1) is 16.1. The van der Waals surface area contributed by atoms with Crippen LogP contribution in [0.4, 0.5) is 0 Å². The van der Waals surface area contributed by atoms with Gasteiger partial charge >= 0.3 is 0 Å². The van der Waals surface area contributed by atoms with E-state index in [2.05, 4.69) is 15.0 Å². The standard InChI is InChI=1S/3C9H7NO.Sn/c3*11-8-5-1-3-7-4-2-6-10-9(7)8;/h3*1-6,11H;. The van der Waals surface area contributed by atoms with Gasteiger partial charge in [0.25, 0.3) is 0 Å². The van der Waals surface area contributed by atoms with Crippen molar-refractivity contribution in [3.8, 4) is 17.2 Å². The topological polar surface area (TPSA) is 99.4 Å². The Kier molecular flexibility index (Phi) is 8.59. The maximum absolute atomic E-state index is 9.31. The molecule has 3 N–H and O–H groups in total. The van der Waals surface area contributed by atoms with E-state index in [1.165, 1.54) is 0 Å². The molecule has 6 aromatic rings. The van der Waals surface area contributed by atoms with Gasteiger partial charge in [-0.25, -0.2) is 0 Å². The Balaban J connectivity index is 0.000000141. The zero-order valence-electron chi connectivity index (χ0n) is 18.1. The number of rotatable bonds is 0. The van der Waals surface area contributed by atoms with Crippen LogP contribution in [-0.4, -0.2) is 54.2 Å². The molecule has 7 heteroatoms. The van der Waals surface area contributed by atoms with Gasteiger partial charge in [0.05, 0.1) is 0 Å². The number of nitrogens with zero attached hydrogens (tertiary/aromatic N) is 3. The SMILES string of the molecule is Oc1cccc2cccnc12.Oc1cccc2cccnc12.Oc1cccc2cccnc12.[Sn]. The fourth-order valence-electron chi connectivity index (χ4n) is 3.26. The number of aromatic nitrogens is 3. The average molecular weight is 554 g/mol. The van der Waals surface area contributed by atoms with Crippen molar-refractivity contribution in [3.05, 3.63) is 110 Å². The van der Waals surface area contributed by atoms with Crippen LogP contribution in [0, 0.1) is 0 Å². The van der Waals surface area contributed by atoms with Crippen LogP contribution in [0.15, 0.2) is 110 Å². The van der Waals surface area contributed by atoms with Gasteiger partial charge in [-0.05, 0) is 36.4 Å². The number of phenolic OH excluding ortho intramolecular Hbond substituents is 3.